The van der Waals surface area contributed by atoms with Crippen molar-refractivity contribution < 1.29 is 28.7 Å². The Morgan fingerprint density at radius 1 is 1.00 bits per heavy atom. The summed E-state index contributed by atoms with van der Waals surface area (Å²) in [5.41, 5.74) is 2.45. The Bertz CT molecular complexity index is 965. The lowest BCUT2D eigenvalue weighted by atomic mass is 9.98. The molecule has 8 heteroatoms. The number of rotatable bonds is 5. The predicted octanol–water partition coefficient (Wildman–Crippen LogP) is 3.29. The van der Waals surface area contributed by atoms with Crippen LogP contribution < -0.4 is 9.47 Å². The standard InChI is InChI=1S/C19H17NO7/c1-10-4-12(3)13(5-11(10)2)16(21)8-25-19(22)14-6-17-18(27-9-26-17)7-15(14)20(23)24/h4-7H,8-9H2,1-3H3. The van der Waals surface area contributed by atoms with E-state index in [9.17, 15) is 19.7 Å². The van der Waals surface area contributed by atoms with Crippen molar-refractivity contribution in [1.82, 2.24) is 0 Å². The number of aryl methyl sites for hydroxylation is 3. The topological polar surface area (TPSA) is 105 Å². The van der Waals surface area contributed by atoms with E-state index in [1.807, 2.05) is 19.9 Å². The average molecular weight is 371 g/mol. The number of carbonyl (C=O) groups is 2. The molecule has 0 saturated carbocycles. The normalized spacial score (nSPS) is 12.0. The third-order valence-electron chi connectivity index (χ3n) is 4.38. The van der Waals surface area contributed by atoms with Gasteiger partial charge in [0.15, 0.2) is 18.1 Å². The third-order valence-corrected chi connectivity index (χ3v) is 4.38. The van der Waals surface area contributed by atoms with Crippen molar-refractivity contribution in [2.75, 3.05) is 13.4 Å². The van der Waals surface area contributed by atoms with Crippen LogP contribution >= 0.6 is 0 Å². The second kappa shape index (κ2) is 7.06. The molecule has 2 aromatic carbocycles. The summed E-state index contributed by atoms with van der Waals surface area (Å²) < 4.78 is 15.3. The molecule has 0 N–H and O–H groups in total. The Hall–Kier alpha value is -3.42. The fourth-order valence-electron chi connectivity index (χ4n) is 2.79. The first-order valence-electron chi connectivity index (χ1n) is 8.14. The van der Waals surface area contributed by atoms with Crippen LogP contribution in [0.1, 0.15) is 37.4 Å². The highest BCUT2D eigenvalue weighted by Crippen LogP contribution is 2.38. The number of hydrogen-bond acceptors (Lipinski definition) is 7. The zero-order valence-electron chi connectivity index (χ0n) is 15.0. The number of ketones is 1. The first kappa shape index (κ1) is 18.4. The maximum atomic E-state index is 12.4. The average Bonchev–Trinajstić information content (AvgIpc) is 3.08. The van der Waals surface area contributed by atoms with Crippen molar-refractivity contribution in [2.24, 2.45) is 0 Å². The Balaban J connectivity index is 1.79. The van der Waals surface area contributed by atoms with E-state index < -0.39 is 23.2 Å². The summed E-state index contributed by atoms with van der Waals surface area (Å²) in [4.78, 5) is 35.3. The molecule has 0 radical (unpaired) electrons. The van der Waals surface area contributed by atoms with Gasteiger partial charge in [-0.3, -0.25) is 14.9 Å². The van der Waals surface area contributed by atoms with Gasteiger partial charge in [-0.25, -0.2) is 4.79 Å². The highest BCUT2D eigenvalue weighted by Gasteiger charge is 2.28. The number of ether oxygens (including phenoxy) is 3. The molecular weight excluding hydrogens is 354 g/mol. The lowest BCUT2D eigenvalue weighted by Crippen LogP contribution is -2.16. The molecule has 1 aliphatic heterocycles. The summed E-state index contributed by atoms with van der Waals surface area (Å²) in [6.45, 7) is 5.01. The molecule has 3 rings (SSSR count). The maximum Gasteiger partial charge on any atom is 0.345 e. The van der Waals surface area contributed by atoms with Gasteiger partial charge in [-0.1, -0.05) is 6.07 Å². The molecule has 0 amide bonds. The highest BCUT2D eigenvalue weighted by molar-refractivity contribution is 6.01. The highest BCUT2D eigenvalue weighted by atomic mass is 16.7. The molecule has 0 saturated heterocycles. The fourth-order valence-corrected chi connectivity index (χ4v) is 2.79. The summed E-state index contributed by atoms with van der Waals surface area (Å²) in [7, 11) is 0. The smallest absolute Gasteiger partial charge is 0.345 e. The molecule has 1 heterocycles. The van der Waals surface area contributed by atoms with Crippen molar-refractivity contribution in [2.45, 2.75) is 20.8 Å². The minimum Gasteiger partial charge on any atom is -0.454 e. The molecule has 2 aromatic rings. The zero-order valence-corrected chi connectivity index (χ0v) is 15.0. The van der Waals surface area contributed by atoms with Crippen LogP contribution in [0.25, 0.3) is 0 Å². The Kier molecular flexibility index (Phi) is 4.81. The molecule has 0 aromatic heterocycles. The fraction of sp³-hybridized carbons (Fsp3) is 0.263. The minimum atomic E-state index is -0.977. The van der Waals surface area contributed by atoms with Crippen LogP contribution in [-0.4, -0.2) is 30.1 Å². The van der Waals surface area contributed by atoms with Crippen molar-refractivity contribution >= 4 is 17.4 Å². The van der Waals surface area contributed by atoms with Gasteiger partial charge in [0.25, 0.3) is 5.69 Å². The van der Waals surface area contributed by atoms with Crippen LogP contribution in [0.15, 0.2) is 24.3 Å². The molecule has 0 aliphatic carbocycles. The van der Waals surface area contributed by atoms with Gasteiger partial charge in [-0.2, -0.15) is 0 Å². The molecule has 140 valence electrons. The van der Waals surface area contributed by atoms with Crippen LogP contribution in [0.2, 0.25) is 0 Å². The summed E-state index contributed by atoms with van der Waals surface area (Å²) >= 11 is 0. The van der Waals surface area contributed by atoms with E-state index in [0.29, 0.717) is 5.56 Å². The third kappa shape index (κ3) is 3.59. The van der Waals surface area contributed by atoms with Crippen molar-refractivity contribution in [1.29, 1.82) is 0 Å². The number of hydrogen-bond donors (Lipinski definition) is 0. The van der Waals surface area contributed by atoms with Crippen molar-refractivity contribution in [3.8, 4) is 11.5 Å². The second-order valence-electron chi connectivity index (χ2n) is 6.23. The van der Waals surface area contributed by atoms with E-state index in [0.717, 1.165) is 22.8 Å². The molecule has 8 nitrogen and oxygen atoms in total. The van der Waals surface area contributed by atoms with Gasteiger partial charge >= 0.3 is 5.97 Å². The van der Waals surface area contributed by atoms with Gasteiger partial charge in [-0.05, 0) is 43.5 Å². The molecule has 0 spiro atoms. The van der Waals surface area contributed by atoms with Crippen LogP contribution in [-0.2, 0) is 4.74 Å². The predicted molar refractivity (Wildman–Crippen MR) is 94.5 cm³/mol. The molecule has 0 bridgehead atoms. The van der Waals surface area contributed by atoms with Crippen LogP contribution in [0, 0.1) is 30.9 Å². The summed E-state index contributed by atoms with van der Waals surface area (Å²) in [5, 5.41) is 11.2. The second-order valence-corrected chi connectivity index (χ2v) is 6.23. The molecule has 0 fully saturated rings. The number of fused-ring (bicyclic) bond motifs is 1. The van der Waals surface area contributed by atoms with Crippen molar-refractivity contribution in [3.05, 3.63) is 62.2 Å². The largest absolute Gasteiger partial charge is 0.454 e. The Labute approximate surface area is 154 Å². The van der Waals surface area contributed by atoms with Crippen LogP contribution in [0.3, 0.4) is 0 Å². The molecule has 1 aliphatic rings. The summed E-state index contributed by atoms with van der Waals surface area (Å²) in [5.74, 6) is -0.967. The van der Waals surface area contributed by atoms with E-state index in [-0.39, 0.29) is 29.6 Å². The SMILES string of the molecule is Cc1cc(C)c(C(=O)COC(=O)c2cc3c(cc2[N+](=O)[O-])OCO3)cc1C. The maximum absolute atomic E-state index is 12.4. The van der Waals surface area contributed by atoms with E-state index in [4.69, 9.17) is 14.2 Å². The first-order valence-corrected chi connectivity index (χ1v) is 8.14. The summed E-state index contributed by atoms with van der Waals surface area (Å²) in [6, 6.07) is 5.92. The van der Waals surface area contributed by atoms with Gasteiger partial charge in [0.1, 0.15) is 5.56 Å². The number of carbonyl (C=O) groups excluding carboxylic acids is 2. The molecule has 0 unspecified atom stereocenters. The summed E-state index contributed by atoms with van der Waals surface area (Å²) in [6.07, 6.45) is 0. The molecular formula is C19H17NO7. The van der Waals surface area contributed by atoms with E-state index in [1.165, 1.54) is 6.07 Å². The number of benzene rings is 2. The number of Topliss-reactive ketones (excluding diaryl/α,β-unsaturated/α-hetero) is 1. The number of nitro benzene ring substituents is 1. The number of nitro groups is 1. The monoisotopic (exact) mass is 371 g/mol. The quantitative estimate of drug-likeness (QED) is 0.344. The van der Waals surface area contributed by atoms with Gasteiger partial charge in [0.2, 0.25) is 12.6 Å². The van der Waals surface area contributed by atoms with E-state index in [2.05, 4.69) is 0 Å². The van der Waals surface area contributed by atoms with Gasteiger partial charge in [-0.15, -0.1) is 0 Å². The Morgan fingerprint density at radius 2 is 1.63 bits per heavy atom. The van der Waals surface area contributed by atoms with Gasteiger partial charge < -0.3 is 14.2 Å². The lowest BCUT2D eigenvalue weighted by Gasteiger charge is -2.10. The van der Waals surface area contributed by atoms with Crippen LogP contribution in [0.4, 0.5) is 5.69 Å². The first-order chi connectivity index (χ1) is 12.8. The Morgan fingerprint density at radius 3 is 2.30 bits per heavy atom. The lowest BCUT2D eigenvalue weighted by molar-refractivity contribution is -0.385. The molecule has 0 atom stereocenters. The van der Waals surface area contributed by atoms with Gasteiger partial charge in [0, 0.05) is 11.6 Å². The van der Waals surface area contributed by atoms with Crippen LogP contribution in [0.5, 0.6) is 11.5 Å². The number of esters is 1. The van der Waals surface area contributed by atoms with E-state index in [1.54, 1.807) is 13.0 Å². The minimum absolute atomic E-state index is 0.0878. The zero-order chi connectivity index (χ0) is 19.7. The van der Waals surface area contributed by atoms with Crippen molar-refractivity contribution in [3.63, 3.8) is 0 Å². The number of nitrogens with zero attached hydrogens (tertiary/aromatic N) is 1. The molecule has 27 heavy (non-hydrogen) atoms. The van der Waals surface area contributed by atoms with Gasteiger partial charge in [0.05, 0.1) is 11.0 Å². The van der Waals surface area contributed by atoms with E-state index >= 15 is 0 Å².